The van der Waals surface area contributed by atoms with Gasteiger partial charge >= 0.3 is 0 Å². The van der Waals surface area contributed by atoms with E-state index in [1.807, 2.05) is 6.92 Å². The standard InChI is InChI=1S/C17H18ClN3O3/c1-12-2-3-13(10-21-12)17(23)20-9-8-19-16(22)11-24-15-6-4-14(18)5-7-15/h2-7,10H,8-9,11H2,1H3,(H,19,22)(H,20,23). The maximum Gasteiger partial charge on any atom is 0.258 e. The fraction of sp³-hybridized carbons (Fsp3) is 0.235. The van der Waals surface area contributed by atoms with Crippen molar-refractivity contribution in [2.45, 2.75) is 6.92 Å². The molecule has 0 unspecified atom stereocenters. The molecule has 0 fully saturated rings. The van der Waals surface area contributed by atoms with E-state index < -0.39 is 0 Å². The molecule has 1 heterocycles. The van der Waals surface area contributed by atoms with Crippen LogP contribution in [0, 0.1) is 6.92 Å². The maximum absolute atomic E-state index is 11.8. The van der Waals surface area contributed by atoms with Gasteiger partial charge in [0.15, 0.2) is 6.61 Å². The predicted molar refractivity (Wildman–Crippen MR) is 91.3 cm³/mol. The number of carbonyl (C=O) groups is 2. The van der Waals surface area contributed by atoms with Gasteiger partial charge in [-0.05, 0) is 43.3 Å². The minimum Gasteiger partial charge on any atom is -0.484 e. The van der Waals surface area contributed by atoms with Gasteiger partial charge in [0.05, 0.1) is 5.56 Å². The normalized spacial score (nSPS) is 10.1. The largest absolute Gasteiger partial charge is 0.484 e. The van der Waals surface area contributed by atoms with Crippen molar-refractivity contribution in [2.75, 3.05) is 19.7 Å². The summed E-state index contributed by atoms with van der Waals surface area (Å²) in [5.41, 5.74) is 1.33. The summed E-state index contributed by atoms with van der Waals surface area (Å²) in [6.45, 7) is 2.38. The molecular weight excluding hydrogens is 330 g/mol. The van der Waals surface area contributed by atoms with Crippen LogP contribution in [0.3, 0.4) is 0 Å². The molecule has 0 aliphatic carbocycles. The summed E-state index contributed by atoms with van der Waals surface area (Å²) in [5, 5.41) is 5.97. The number of aromatic nitrogens is 1. The van der Waals surface area contributed by atoms with E-state index >= 15 is 0 Å². The predicted octanol–water partition coefficient (Wildman–Crippen LogP) is 1.97. The molecule has 0 aliphatic rings. The molecule has 1 aromatic carbocycles. The van der Waals surface area contributed by atoms with Crippen molar-refractivity contribution in [3.05, 3.63) is 58.9 Å². The first-order valence-electron chi connectivity index (χ1n) is 7.40. The lowest BCUT2D eigenvalue weighted by atomic mass is 10.2. The van der Waals surface area contributed by atoms with Crippen LogP contribution < -0.4 is 15.4 Å². The van der Waals surface area contributed by atoms with Crippen molar-refractivity contribution in [1.82, 2.24) is 15.6 Å². The third-order valence-corrected chi connectivity index (χ3v) is 3.34. The SMILES string of the molecule is Cc1ccc(C(=O)NCCNC(=O)COc2ccc(Cl)cc2)cn1. The highest BCUT2D eigenvalue weighted by molar-refractivity contribution is 6.30. The molecule has 1 aromatic heterocycles. The van der Waals surface area contributed by atoms with E-state index in [2.05, 4.69) is 15.6 Å². The third kappa shape index (κ3) is 5.89. The zero-order valence-electron chi connectivity index (χ0n) is 13.2. The lowest BCUT2D eigenvalue weighted by Gasteiger charge is -2.08. The number of ether oxygens (including phenoxy) is 1. The first-order valence-corrected chi connectivity index (χ1v) is 7.78. The van der Waals surface area contributed by atoms with E-state index in [1.54, 1.807) is 36.4 Å². The Morgan fingerprint density at radius 3 is 2.46 bits per heavy atom. The van der Waals surface area contributed by atoms with Crippen LogP contribution in [0.1, 0.15) is 16.1 Å². The van der Waals surface area contributed by atoms with Crippen LogP contribution in [0.5, 0.6) is 5.75 Å². The summed E-state index contributed by atoms with van der Waals surface area (Å²) < 4.78 is 5.32. The highest BCUT2D eigenvalue weighted by Gasteiger charge is 2.06. The number of aryl methyl sites for hydroxylation is 1. The number of nitrogens with one attached hydrogen (secondary N) is 2. The Bertz CT molecular complexity index is 687. The third-order valence-electron chi connectivity index (χ3n) is 3.09. The number of hydrogen-bond donors (Lipinski definition) is 2. The molecule has 0 spiro atoms. The van der Waals surface area contributed by atoms with Crippen molar-refractivity contribution in [3.63, 3.8) is 0 Å². The molecule has 0 atom stereocenters. The quantitative estimate of drug-likeness (QED) is 0.750. The summed E-state index contributed by atoms with van der Waals surface area (Å²) >= 11 is 5.76. The number of benzene rings is 1. The fourth-order valence-corrected chi connectivity index (χ4v) is 1.94. The fourth-order valence-electron chi connectivity index (χ4n) is 1.81. The summed E-state index contributed by atoms with van der Waals surface area (Å²) in [7, 11) is 0. The Balaban J connectivity index is 1.63. The van der Waals surface area contributed by atoms with Gasteiger partial charge in [0, 0.05) is 30.0 Å². The van der Waals surface area contributed by atoms with Crippen LogP contribution in [0.4, 0.5) is 0 Å². The summed E-state index contributed by atoms with van der Waals surface area (Å²) in [6, 6.07) is 10.2. The van der Waals surface area contributed by atoms with Crippen molar-refractivity contribution < 1.29 is 14.3 Å². The lowest BCUT2D eigenvalue weighted by molar-refractivity contribution is -0.123. The summed E-state index contributed by atoms with van der Waals surface area (Å²) in [6.07, 6.45) is 1.52. The monoisotopic (exact) mass is 347 g/mol. The Morgan fingerprint density at radius 1 is 1.08 bits per heavy atom. The topological polar surface area (TPSA) is 80.3 Å². The second-order valence-corrected chi connectivity index (χ2v) is 5.47. The van der Waals surface area contributed by atoms with Crippen LogP contribution in [-0.2, 0) is 4.79 Å². The Labute approximate surface area is 145 Å². The molecule has 126 valence electrons. The average Bonchev–Trinajstić information content (AvgIpc) is 2.58. The van der Waals surface area contributed by atoms with Crippen molar-refractivity contribution >= 4 is 23.4 Å². The van der Waals surface area contributed by atoms with Crippen molar-refractivity contribution in [2.24, 2.45) is 0 Å². The molecule has 2 aromatic rings. The molecule has 6 nitrogen and oxygen atoms in total. The Hall–Kier alpha value is -2.60. The molecule has 7 heteroatoms. The van der Waals surface area contributed by atoms with Gasteiger partial charge in [0.2, 0.25) is 0 Å². The molecule has 2 amide bonds. The second-order valence-electron chi connectivity index (χ2n) is 5.04. The molecule has 24 heavy (non-hydrogen) atoms. The maximum atomic E-state index is 11.8. The van der Waals surface area contributed by atoms with Gasteiger partial charge in [0.1, 0.15) is 5.75 Å². The van der Waals surface area contributed by atoms with Gasteiger partial charge in [-0.2, -0.15) is 0 Å². The van der Waals surface area contributed by atoms with Gasteiger partial charge in [0.25, 0.3) is 11.8 Å². The van der Waals surface area contributed by atoms with Crippen LogP contribution in [0.25, 0.3) is 0 Å². The minimum atomic E-state index is -0.267. The average molecular weight is 348 g/mol. The van der Waals surface area contributed by atoms with E-state index in [0.29, 0.717) is 29.4 Å². The Morgan fingerprint density at radius 2 is 1.79 bits per heavy atom. The molecule has 2 rings (SSSR count). The number of rotatable bonds is 7. The molecule has 0 saturated carbocycles. The molecule has 0 saturated heterocycles. The van der Waals surface area contributed by atoms with Crippen molar-refractivity contribution in [1.29, 1.82) is 0 Å². The van der Waals surface area contributed by atoms with Gasteiger partial charge < -0.3 is 15.4 Å². The molecule has 0 bridgehead atoms. The molecular formula is C17H18ClN3O3. The number of amides is 2. The first-order chi connectivity index (χ1) is 11.5. The molecule has 2 N–H and O–H groups in total. The number of hydrogen-bond acceptors (Lipinski definition) is 4. The van der Waals surface area contributed by atoms with E-state index in [0.717, 1.165) is 5.69 Å². The lowest BCUT2D eigenvalue weighted by Crippen LogP contribution is -2.36. The van der Waals surface area contributed by atoms with Crippen LogP contribution in [0.15, 0.2) is 42.6 Å². The summed E-state index contributed by atoms with van der Waals surface area (Å²) in [5.74, 6) is 0.0695. The van der Waals surface area contributed by atoms with Crippen molar-refractivity contribution in [3.8, 4) is 5.75 Å². The van der Waals surface area contributed by atoms with Crippen LogP contribution >= 0.6 is 11.6 Å². The van der Waals surface area contributed by atoms with Gasteiger partial charge in [-0.3, -0.25) is 14.6 Å². The van der Waals surface area contributed by atoms with E-state index in [4.69, 9.17) is 16.3 Å². The van der Waals surface area contributed by atoms with Gasteiger partial charge in [-0.1, -0.05) is 11.6 Å². The van der Waals surface area contributed by atoms with Gasteiger partial charge in [-0.25, -0.2) is 0 Å². The van der Waals surface area contributed by atoms with Crippen LogP contribution in [-0.4, -0.2) is 36.5 Å². The van der Waals surface area contributed by atoms with Crippen LogP contribution in [0.2, 0.25) is 5.02 Å². The highest BCUT2D eigenvalue weighted by Crippen LogP contribution is 2.15. The van der Waals surface area contributed by atoms with E-state index in [1.165, 1.54) is 6.20 Å². The number of nitrogens with zero attached hydrogens (tertiary/aromatic N) is 1. The zero-order chi connectivity index (χ0) is 17.4. The zero-order valence-corrected chi connectivity index (χ0v) is 14.0. The van der Waals surface area contributed by atoms with E-state index in [9.17, 15) is 9.59 Å². The smallest absolute Gasteiger partial charge is 0.258 e. The van der Waals surface area contributed by atoms with Gasteiger partial charge in [-0.15, -0.1) is 0 Å². The first kappa shape index (κ1) is 17.7. The van der Waals surface area contributed by atoms with E-state index in [-0.39, 0.29) is 18.4 Å². The number of carbonyl (C=O) groups excluding carboxylic acids is 2. The Kier molecular flexibility index (Phi) is 6.57. The highest BCUT2D eigenvalue weighted by atomic mass is 35.5. The summed E-state index contributed by atoms with van der Waals surface area (Å²) in [4.78, 5) is 27.5. The molecule has 0 radical (unpaired) electrons. The minimum absolute atomic E-state index is 0.0997. The molecule has 0 aliphatic heterocycles. The number of pyridine rings is 1. The second kappa shape index (κ2) is 8.88. The number of halogens is 1.